The van der Waals surface area contributed by atoms with Crippen molar-refractivity contribution in [2.24, 2.45) is 5.73 Å². The van der Waals surface area contributed by atoms with E-state index in [0.29, 0.717) is 0 Å². The molecule has 0 unspecified atom stereocenters. The first kappa shape index (κ1) is 14.3. The number of alkyl halides is 2. The summed E-state index contributed by atoms with van der Waals surface area (Å²) >= 11 is 0. The van der Waals surface area contributed by atoms with Crippen LogP contribution in [-0.2, 0) is 22.5 Å². The summed E-state index contributed by atoms with van der Waals surface area (Å²) in [6.07, 6.45) is -2.30. The Morgan fingerprint density at radius 2 is 2.28 bits per heavy atom. The monoisotopic (exact) mass is 260 g/mol. The molecule has 0 spiro atoms. The molecule has 0 aliphatic carbocycles. The van der Waals surface area contributed by atoms with Crippen molar-refractivity contribution in [1.29, 1.82) is 0 Å². The molecular weight excluding hydrogens is 246 g/mol. The van der Waals surface area contributed by atoms with Gasteiger partial charge in [-0.05, 0) is 6.92 Å². The lowest BCUT2D eigenvalue weighted by atomic mass is 10.0. The number of halogens is 2. The van der Waals surface area contributed by atoms with Crippen LogP contribution in [0, 0.1) is 0 Å². The SMILES string of the molecule is CCOC(=O)Cc1c(O)cnc(CN)c1C(F)F. The van der Waals surface area contributed by atoms with Gasteiger partial charge in [-0.15, -0.1) is 0 Å². The topological polar surface area (TPSA) is 85.4 Å². The Morgan fingerprint density at radius 3 is 2.78 bits per heavy atom. The van der Waals surface area contributed by atoms with Crippen LogP contribution in [0.3, 0.4) is 0 Å². The predicted molar refractivity (Wildman–Crippen MR) is 59.1 cm³/mol. The van der Waals surface area contributed by atoms with Gasteiger partial charge in [0.05, 0.1) is 24.9 Å². The van der Waals surface area contributed by atoms with Crippen molar-refractivity contribution in [3.8, 4) is 5.75 Å². The molecule has 1 aromatic rings. The fourth-order valence-electron chi connectivity index (χ4n) is 1.56. The number of hydrogen-bond acceptors (Lipinski definition) is 5. The molecule has 0 fully saturated rings. The number of hydrogen-bond donors (Lipinski definition) is 2. The summed E-state index contributed by atoms with van der Waals surface area (Å²) in [5, 5.41) is 9.53. The van der Waals surface area contributed by atoms with E-state index in [-0.39, 0.29) is 24.4 Å². The average Bonchev–Trinajstić information content (AvgIpc) is 2.31. The summed E-state index contributed by atoms with van der Waals surface area (Å²) in [6, 6.07) is 0. The van der Waals surface area contributed by atoms with Crippen LogP contribution in [0.2, 0.25) is 0 Å². The maximum Gasteiger partial charge on any atom is 0.310 e. The second-order valence-corrected chi connectivity index (χ2v) is 3.47. The molecule has 1 heterocycles. The minimum absolute atomic E-state index is 0.0397. The number of nitrogens with two attached hydrogens (primary N) is 1. The third-order valence-electron chi connectivity index (χ3n) is 2.33. The molecule has 0 saturated heterocycles. The molecule has 0 aliphatic heterocycles. The Kier molecular flexibility index (Phi) is 4.96. The Balaban J connectivity index is 3.18. The number of aromatic hydroxyl groups is 1. The largest absolute Gasteiger partial charge is 0.506 e. The van der Waals surface area contributed by atoms with Crippen molar-refractivity contribution in [3.05, 3.63) is 23.0 Å². The van der Waals surface area contributed by atoms with E-state index in [1.165, 1.54) is 0 Å². The van der Waals surface area contributed by atoms with Crippen molar-refractivity contribution >= 4 is 5.97 Å². The first-order valence-corrected chi connectivity index (χ1v) is 5.34. The second-order valence-electron chi connectivity index (χ2n) is 3.47. The van der Waals surface area contributed by atoms with Gasteiger partial charge >= 0.3 is 5.97 Å². The van der Waals surface area contributed by atoms with Crippen LogP contribution >= 0.6 is 0 Å². The zero-order chi connectivity index (χ0) is 13.7. The number of aromatic nitrogens is 1. The molecule has 0 aromatic carbocycles. The van der Waals surface area contributed by atoms with Crippen molar-refractivity contribution < 1.29 is 23.4 Å². The molecule has 3 N–H and O–H groups in total. The Bertz CT molecular complexity index is 439. The van der Waals surface area contributed by atoms with E-state index >= 15 is 0 Å². The molecule has 1 aromatic heterocycles. The fraction of sp³-hybridized carbons (Fsp3) is 0.455. The van der Waals surface area contributed by atoms with Gasteiger partial charge in [-0.2, -0.15) is 0 Å². The average molecular weight is 260 g/mol. The molecule has 0 atom stereocenters. The normalized spacial score (nSPS) is 10.7. The first-order chi connectivity index (χ1) is 8.51. The maximum absolute atomic E-state index is 12.9. The highest BCUT2D eigenvalue weighted by Gasteiger charge is 2.23. The Hall–Kier alpha value is -1.76. The number of esters is 1. The van der Waals surface area contributed by atoms with Crippen LogP contribution in [-0.4, -0.2) is 22.7 Å². The molecule has 7 heteroatoms. The predicted octanol–water partition coefficient (Wildman–Crippen LogP) is 1.29. The van der Waals surface area contributed by atoms with E-state index in [4.69, 9.17) is 5.73 Å². The third kappa shape index (κ3) is 3.13. The maximum atomic E-state index is 12.9. The van der Waals surface area contributed by atoms with Gasteiger partial charge in [0.15, 0.2) is 0 Å². The van der Waals surface area contributed by atoms with Crippen LogP contribution in [0.1, 0.15) is 30.2 Å². The second kappa shape index (κ2) is 6.25. The zero-order valence-corrected chi connectivity index (χ0v) is 9.82. The number of ether oxygens (including phenoxy) is 1. The molecule has 1 rings (SSSR count). The highest BCUT2D eigenvalue weighted by molar-refractivity contribution is 5.74. The molecule has 0 amide bonds. The number of pyridine rings is 1. The standard InChI is InChI=1S/C11H14F2N2O3/c1-2-18-9(17)3-6-8(16)5-15-7(4-14)10(6)11(12)13/h5,11,16H,2-4,14H2,1H3. The minimum Gasteiger partial charge on any atom is -0.506 e. The number of carbonyl (C=O) groups is 1. The summed E-state index contributed by atoms with van der Waals surface area (Å²) in [7, 11) is 0. The molecule has 0 saturated carbocycles. The molecular formula is C11H14F2N2O3. The van der Waals surface area contributed by atoms with Crippen molar-refractivity contribution in [2.75, 3.05) is 6.61 Å². The van der Waals surface area contributed by atoms with Crippen LogP contribution in [0.4, 0.5) is 8.78 Å². The van der Waals surface area contributed by atoms with Gasteiger partial charge < -0.3 is 15.6 Å². The van der Waals surface area contributed by atoms with Crippen LogP contribution in [0.25, 0.3) is 0 Å². The van der Waals surface area contributed by atoms with E-state index in [1.807, 2.05) is 0 Å². The van der Waals surface area contributed by atoms with Gasteiger partial charge in [0.2, 0.25) is 0 Å². The van der Waals surface area contributed by atoms with Gasteiger partial charge in [0.25, 0.3) is 6.43 Å². The summed E-state index contributed by atoms with van der Waals surface area (Å²) in [6.45, 7) is 1.54. The van der Waals surface area contributed by atoms with E-state index in [2.05, 4.69) is 9.72 Å². The lowest BCUT2D eigenvalue weighted by Gasteiger charge is -2.13. The lowest BCUT2D eigenvalue weighted by molar-refractivity contribution is -0.142. The molecule has 18 heavy (non-hydrogen) atoms. The van der Waals surface area contributed by atoms with Gasteiger partial charge in [0, 0.05) is 17.7 Å². The lowest BCUT2D eigenvalue weighted by Crippen LogP contribution is -2.13. The zero-order valence-electron chi connectivity index (χ0n) is 9.82. The summed E-state index contributed by atoms with van der Waals surface area (Å²) in [5.74, 6) is -1.15. The van der Waals surface area contributed by atoms with Gasteiger partial charge in [-0.3, -0.25) is 9.78 Å². The van der Waals surface area contributed by atoms with Gasteiger partial charge in [-0.1, -0.05) is 0 Å². The van der Waals surface area contributed by atoms with E-state index < -0.39 is 30.1 Å². The Morgan fingerprint density at radius 1 is 1.61 bits per heavy atom. The van der Waals surface area contributed by atoms with E-state index in [1.54, 1.807) is 6.92 Å². The molecule has 0 aliphatic rings. The highest BCUT2D eigenvalue weighted by atomic mass is 19.3. The first-order valence-electron chi connectivity index (χ1n) is 5.34. The molecule has 100 valence electrons. The van der Waals surface area contributed by atoms with Crippen molar-refractivity contribution in [2.45, 2.75) is 26.3 Å². The molecule has 5 nitrogen and oxygen atoms in total. The number of rotatable bonds is 5. The quantitative estimate of drug-likeness (QED) is 0.779. The minimum atomic E-state index is -2.87. The fourth-order valence-corrected chi connectivity index (χ4v) is 1.56. The Labute approximate surface area is 103 Å². The summed E-state index contributed by atoms with van der Waals surface area (Å²) in [5.41, 5.74) is 4.59. The van der Waals surface area contributed by atoms with Crippen LogP contribution < -0.4 is 5.73 Å². The summed E-state index contributed by atoms with van der Waals surface area (Å²) < 4.78 is 30.5. The highest BCUT2D eigenvalue weighted by Crippen LogP contribution is 2.31. The van der Waals surface area contributed by atoms with E-state index in [0.717, 1.165) is 6.20 Å². The van der Waals surface area contributed by atoms with Gasteiger partial charge in [-0.25, -0.2) is 8.78 Å². The van der Waals surface area contributed by atoms with Crippen molar-refractivity contribution in [3.63, 3.8) is 0 Å². The van der Waals surface area contributed by atoms with Gasteiger partial charge in [0.1, 0.15) is 5.75 Å². The number of nitrogens with zero attached hydrogens (tertiary/aromatic N) is 1. The smallest absolute Gasteiger partial charge is 0.310 e. The molecule has 0 radical (unpaired) electrons. The third-order valence-corrected chi connectivity index (χ3v) is 2.33. The van der Waals surface area contributed by atoms with Crippen LogP contribution in [0.5, 0.6) is 5.75 Å². The van der Waals surface area contributed by atoms with Crippen LogP contribution in [0.15, 0.2) is 6.20 Å². The number of carbonyl (C=O) groups excluding carboxylic acids is 1. The molecule has 0 bridgehead atoms. The van der Waals surface area contributed by atoms with Crippen molar-refractivity contribution in [1.82, 2.24) is 4.98 Å². The van der Waals surface area contributed by atoms with E-state index in [9.17, 15) is 18.7 Å². The summed E-state index contributed by atoms with van der Waals surface area (Å²) in [4.78, 5) is 14.9.